The van der Waals surface area contributed by atoms with Gasteiger partial charge in [-0.2, -0.15) is 0 Å². The van der Waals surface area contributed by atoms with Crippen LogP contribution in [-0.2, 0) is 6.54 Å². The third-order valence-electron chi connectivity index (χ3n) is 5.30. The fourth-order valence-electron chi connectivity index (χ4n) is 3.89. The summed E-state index contributed by atoms with van der Waals surface area (Å²) < 4.78 is 3.96. The highest BCUT2D eigenvalue weighted by Crippen LogP contribution is 2.24. The number of carbonyl (C=O) groups is 1. The number of amides is 1. The summed E-state index contributed by atoms with van der Waals surface area (Å²) in [5.74, 6) is 1.66. The standard InChI is InChI=1S/C19H24N6O/c1-14-17(25-11-5-8-21-19(25)22-14)18(26)24-10-4-3-6-16(24)7-12-23-13-9-20-15(23)2/h5,8-9,11,13,16H,3-4,6-7,10,12H2,1-2H3/t16-/m0/s1. The van der Waals surface area contributed by atoms with Crippen molar-refractivity contribution in [1.29, 1.82) is 0 Å². The second-order valence-electron chi connectivity index (χ2n) is 6.94. The van der Waals surface area contributed by atoms with Crippen LogP contribution in [0.1, 0.15) is 47.7 Å². The number of piperidine rings is 1. The molecule has 0 N–H and O–H groups in total. The topological polar surface area (TPSA) is 68.3 Å². The van der Waals surface area contributed by atoms with E-state index >= 15 is 0 Å². The van der Waals surface area contributed by atoms with Gasteiger partial charge < -0.3 is 9.47 Å². The van der Waals surface area contributed by atoms with E-state index in [0.717, 1.165) is 43.9 Å². The van der Waals surface area contributed by atoms with Crippen molar-refractivity contribution in [3.63, 3.8) is 0 Å². The lowest BCUT2D eigenvalue weighted by Gasteiger charge is -2.36. The Kier molecular flexibility index (Phi) is 4.44. The van der Waals surface area contributed by atoms with E-state index in [9.17, 15) is 4.79 Å². The Bertz CT molecular complexity index is 927. The Labute approximate surface area is 152 Å². The second-order valence-corrected chi connectivity index (χ2v) is 6.94. The summed E-state index contributed by atoms with van der Waals surface area (Å²) in [6.45, 7) is 5.58. The molecule has 3 aromatic rings. The van der Waals surface area contributed by atoms with Gasteiger partial charge >= 0.3 is 0 Å². The summed E-state index contributed by atoms with van der Waals surface area (Å²) in [6, 6.07) is 2.08. The third-order valence-corrected chi connectivity index (χ3v) is 5.30. The molecule has 0 bridgehead atoms. The zero-order chi connectivity index (χ0) is 18.1. The van der Waals surface area contributed by atoms with Crippen LogP contribution in [0.5, 0.6) is 0 Å². The highest BCUT2D eigenvalue weighted by molar-refractivity contribution is 5.94. The van der Waals surface area contributed by atoms with E-state index in [0.29, 0.717) is 11.5 Å². The van der Waals surface area contributed by atoms with E-state index in [1.165, 1.54) is 6.42 Å². The van der Waals surface area contributed by atoms with Gasteiger partial charge in [-0.05, 0) is 45.6 Å². The predicted molar refractivity (Wildman–Crippen MR) is 98.0 cm³/mol. The third kappa shape index (κ3) is 2.98. The number of carbonyl (C=O) groups excluding carboxylic acids is 1. The van der Waals surface area contributed by atoms with Crippen LogP contribution in [-0.4, -0.2) is 47.3 Å². The van der Waals surface area contributed by atoms with Crippen molar-refractivity contribution in [2.24, 2.45) is 0 Å². The molecular formula is C19H24N6O. The molecule has 0 aromatic carbocycles. The first-order chi connectivity index (χ1) is 12.6. The van der Waals surface area contributed by atoms with Crippen LogP contribution in [0.3, 0.4) is 0 Å². The van der Waals surface area contributed by atoms with Crippen molar-refractivity contribution >= 4 is 11.7 Å². The number of hydrogen-bond donors (Lipinski definition) is 0. The number of aryl methyl sites for hydroxylation is 3. The van der Waals surface area contributed by atoms with Crippen molar-refractivity contribution in [2.45, 2.75) is 52.1 Å². The van der Waals surface area contributed by atoms with E-state index < -0.39 is 0 Å². The van der Waals surface area contributed by atoms with E-state index in [2.05, 4.69) is 19.5 Å². The molecule has 26 heavy (non-hydrogen) atoms. The largest absolute Gasteiger partial charge is 0.335 e. The van der Waals surface area contributed by atoms with Crippen molar-refractivity contribution in [3.8, 4) is 0 Å². The van der Waals surface area contributed by atoms with Crippen LogP contribution in [0.15, 0.2) is 30.9 Å². The second kappa shape index (κ2) is 6.90. The molecule has 0 saturated carbocycles. The van der Waals surface area contributed by atoms with Gasteiger partial charge in [0, 0.05) is 43.9 Å². The van der Waals surface area contributed by atoms with Crippen molar-refractivity contribution < 1.29 is 4.79 Å². The van der Waals surface area contributed by atoms with Gasteiger partial charge in [-0.3, -0.25) is 9.20 Å². The van der Waals surface area contributed by atoms with Gasteiger partial charge in [0.1, 0.15) is 11.5 Å². The molecule has 1 atom stereocenters. The van der Waals surface area contributed by atoms with E-state index in [1.807, 2.05) is 47.8 Å². The molecule has 7 heteroatoms. The normalized spacial score (nSPS) is 17.8. The Balaban J connectivity index is 1.58. The first-order valence-electron chi connectivity index (χ1n) is 9.23. The van der Waals surface area contributed by atoms with Gasteiger partial charge in [0.25, 0.3) is 5.91 Å². The fraction of sp³-hybridized carbons (Fsp3) is 0.474. The van der Waals surface area contributed by atoms with Crippen LogP contribution in [0, 0.1) is 13.8 Å². The molecule has 1 fully saturated rings. The first-order valence-corrected chi connectivity index (χ1v) is 9.23. The minimum absolute atomic E-state index is 0.0649. The number of likely N-dealkylation sites (tertiary alicyclic amines) is 1. The van der Waals surface area contributed by atoms with E-state index in [1.54, 1.807) is 6.20 Å². The van der Waals surface area contributed by atoms with E-state index in [4.69, 9.17) is 0 Å². The highest BCUT2D eigenvalue weighted by Gasteiger charge is 2.30. The van der Waals surface area contributed by atoms with Crippen LogP contribution >= 0.6 is 0 Å². The lowest BCUT2D eigenvalue weighted by Crippen LogP contribution is -2.44. The molecule has 136 valence electrons. The summed E-state index contributed by atoms with van der Waals surface area (Å²) in [7, 11) is 0. The minimum Gasteiger partial charge on any atom is -0.335 e. The lowest BCUT2D eigenvalue weighted by atomic mass is 9.98. The average molecular weight is 352 g/mol. The number of imidazole rings is 2. The van der Waals surface area contributed by atoms with Crippen LogP contribution < -0.4 is 0 Å². The van der Waals surface area contributed by atoms with Crippen LogP contribution in [0.2, 0.25) is 0 Å². The van der Waals surface area contributed by atoms with E-state index in [-0.39, 0.29) is 11.9 Å². The number of hydrogen-bond acceptors (Lipinski definition) is 4. The molecule has 4 heterocycles. The molecule has 4 rings (SSSR count). The van der Waals surface area contributed by atoms with Crippen LogP contribution in [0.25, 0.3) is 5.78 Å². The molecule has 0 radical (unpaired) electrons. The van der Waals surface area contributed by atoms with Gasteiger partial charge in [-0.25, -0.2) is 15.0 Å². The molecule has 0 unspecified atom stereocenters. The summed E-state index contributed by atoms with van der Waals surface area (Å²) in [5, 5.41) is 0. The quantitative estimate of drug-likeness (QED) is 0.724. The number of aromatic nitrogens is 5. The number of fused-ring (bicyclic) bond motifs is 1. The van der Waals surface area contributed by atoms with Crippen LogP contribution in [0.4, 0.5) is 0 Å². The lowest BCUT2D eigenvalue weighted by molar-refractivity contribution is 0.0587. The average Bonchev–Trinajstić information content (AvgIpc) is 3.21. The number of rotatable bonds is 4. The molecule has 1 saturated heterocycles. The van der Waals surface area contributed by atoms with Gasteiger partial charge in [0.2, 0.25) is 5.78 Å². The van der Waals surface area contributed by atoms with Crippen molar-refractivity contribution in [3.05, 3.63) is 48.1 Å². The fourth-order valence-corrected chi connectivity index (χ4v) is 3.89. The summed E-state index contributed by atoms with van der Waals surface area (Å²) in [5.41, 5.74) is 1.38. The summed E-state index contributed by atoms with van der Waals surface area (Å²) in [4.78, 5) is 28.4. The maximum Gasteiger partial charge on any atom is 0.273 e. The Hall–Kier alpha value is -2.70. The molecule has 1 amide bonds. The Morgan fingerprint density at radius 3 is 2.88 bits per heavy atom. The Morgan fingerprint density at radius 1 is 1.19 bits per heavy atom. The summed E-state index contributed by atoms with van der Waals surface area (Å²) in [6.07, 6.45) is 11.6. The Morgan fingerprint density at radius 2 is 2.08 bits per heavy atom. The minimum atomic E-state index is 0.0649. The molecule has 0 aliphatic carbocycles. The van der Waals surface area contributed by atoms with Gasteiger partial charge in [0.05, 0.1) is 5.69 Å². The maximum absolute atomic E-state index is 13.4. The zero-order valence-electron chi connectivity index (χ0n) is 15.3. The molecule has 7 nitrogen and oxygen atoms in total. The molecule has 3 aromatic heterocycles. The highest BCUT2D eigenvalue weighted by atomic mass is 16.2. The van der Waals surface area contributed by atoms with Gasteiger partial charge in [0.15, 0.2) is 0 Å². The van der Waals surface area contributed by atoms with Crippen molar-refractivity contribution in [2.75, 3.05) is 6.54 Å². The zero-order valence-corrected chi connectivity index (χ0v) is 15.3. The first kappa shape index (κ1) is 16.8. The molecule has 1 aliphatic rings. The van der Waals surface area contributed by atoms with Gasteiger partial charge in [-0.15, -0.1) is 0 Å². The predicted octanol–water partition coefficient (Wildman–Crippen LogP) is 2.63. The SMILES string of the molecule is Cc1nc2ncccn2c1C(=O)N1CCCC[C@H]1CCn1ccnc1C. The summed E-state index contributed by atoms with van der Waals surface area (Å²) >= 11 is 0. The molecule has 0 spiro atoms. The van der Waals surface area contributed by atoms with Gasteiger partial charge in [-0.1, -0.05) is 0 Å². The smallest absolute Gasteiger partial charge is 0.273 e. The monoisotopic (exact) mass is 352 g/mol. The van der Waals surface area contributed by atoms with Crippen molar-refractivity contribution in [1.82, 2.24) is 28.8 Å². The molecule has 1 aliphatic heterocycles. The molecular weight excluding hydrogens is 328 g/mol. The maximum atomic E-state index is 13.4. The number of nitrogens with zero attached hydrogens (tertiary/aromatic N) is 6.